The molecule has 1 aromatic carbocycles. The number of carbonyl (C=O) groups is 2. The van der Waals surface area contributed by atoms with E-state index < -0.39 is 22.5 Å². The molecule has 1 heterocycles. The number of aliphatic hydroxyl groups is 1. The lowest BCUT2D eigenvalue weighted by Gasteiger charge is -2.56. The van der Waals surface area contributed by atoms with E-state index in [4.69, 9.17) is 4.74 Å². The Labute approximate surface area is 157 Å². The van der Waals surface area contributed by atoms with E-state index in [1.165, 1.54) is 18.2 Å². The Hall–Kier alpha value is -2.66. The van der Waals surface area contributed by atoms with Crippen LogP contribution in [0.3, 0.4) is 0 Å². The Morgan fingerprint density at radius 3 is 2.63 bits per heavy atom. The van der Waals surface area contributed by atoms with Crippen LogP contribution in [0.1, 0.15) is 38.7 Å². The molecular formula is C22H22O5. The molecule has 1 aromatic rings. The van der Waals surface area contributed by atoms with Crippen LogP contribution in [0.15, 0.2) is 54.2 Å². The molecule has 0 aromatic heterocycles. The van der Waals surface area contributed by atoms with Crippen LogP contribution in [-0.4, -0.2) is 33.0 Å². The zero-order valence-corrected chi connectivity index (χ0v) is 15.5. The predicted octanol–water partition coefficient (Wildman–Crippen LogP) is 2.98. The molecule has 0 saturated carbocycles. The van der Waals surface area contributed by atoms with Crippen LogP contribution < -0.4 is 4.74 Å². The highest BCUT2D eigenvalue weighted by atomic mass is 16.5. The molecule has 1 aliphatic heterocycles. The smallest absolute Gasteiger partial charge is 0.201 e. The highest BCUT2D eigenvalue weighted by molar-refractivity contribution is 6.15. The summed E-state index contributed by atoms with van der Waals surface area (Å²) in [5.74, 6) is -0.440. The van der Waals surface area contributed by atoms with E-state index >= 15 is 0 Å². The molecule has 2 aliphatic carbocycles. The summed E-state index contributed by atoms with van der Waals surface area (Å²) in [5.41, 5.74) is -2.26. The number of ether oxygens (including phenoxy) is 1. The Morgan fingerprint density at radius 2 is 1.93 bits per heavy atom. The van der Waals surface area contributed by atoms with Crippen molar-refractivity contribution < 1.29 is 24.5 Å². The molecule has 140 valence electrons. The average Bonchev–Trinajstić information content (AvgIpc) is 2.57. The maximum atomic E-state index is 13.3. The number of rotatable bonds is 2. The third-order valence-electron chi connectivity index (χ3n) is 5.70. The number of allylic oxidation sites excluding steroid dienone is 2. The van der Waals surface area contributed by atoms with Gasteiger partial charge in [0.05, 0.1) is 5.60 Å². The van der Waals surface area contributed by atoms with Crippen LogP contribution in [0.25, 0.3) is 0 Å². The molecule has 0 radical (unpaired) electrons. The third kappa shape index (κ3) is 2.34. The number of hydrogen-bond acceptors (Lipinski definition) is 5. The number of phenols is 1. The van der Waals surface area contributed by atoms with Crippen molar-refractivity contribution in [3.63, 3.8) is 0 Å². The van der Waals surface area contributed by atoms with Crippen LogP contribution in [0.4, 0.5) is 0 Å². The van der Waals surface area contributed by atoms with Gasteiger partial charge in [-0.1, -0.05) is 23.8 Å². The van der Waals surface area contributed by atoms with Gasteiger partial charge in [-0.2, -0.15) is 0 Å². The van der Waals surface area contributed by atoms with Crippen molar-refractivity contribution in [3.8, 4) is 11.5 Å². The van der Waals surface area contributed by atoms with Crippen molar-refractivity contribution in [2.75, 3.05) is 0 Å². The van der Waals surface area contributed by atoms with Crippen molar-refractivity contribution in [2.24, 2.45) is 5.41 Å². The lowest BCUT2D eigenvalue weighted by Crippen LogP contribution is -2.67. The summed E-state index contributed by atoms with van der Waals surface area (Å²) >= 11 is 0. The zero-order chi connectivity index (χ0) is 19.6. The van der Waals surface area contributed by atoms with Gasteiger partial charge in [-0.25, -0.2) is 0 Å². The van der Waals surface area contributed by atoms with Crippen molar-refractivity contribution in [1.29, 1.82) is 0 Å². The first-order valence-corrected chi connectivity index (χ1v) is 8.98. The molecule has 0 spiro atoms. The first-order valence-electron chi connectivity index (χ1n) is 8.98. The largest absolute Gasteiger partial charge is 0.508 e. The number of phenolic OH excluding ortho intramolecular Hbond substituents is 1. The monoisotopic (exact) mass is 366 g/mol. The van der Waals surface area contributed by atoms with Crippen LogP contribution in [0.2, 0.25) is 0 Å². The number of benzene rings is 1. The average molecular weight is 366 g/mol. The molecule has 1 unspecified atom stereocenters. The van der Waals surface area contributed by atoms with Gasteiger partial charge in [0.2, 0.25) is 5.78 Å². The molecule has 5 nitrogen and oxygen atoms in total. The third-order valence-corrected chi connectivity index (χ3v) is 5.70. The Bertz CT molecular complexity index is 946. The minimum atomic E-state index is -1.39. The summed E-state index contributed by atoms with van der Waals surface area (Å²) < 4.78 is 6.26. The molecule has 27 heavy (non-hydrogen) atoms. The van der Waals surface area contributed by atoms with E-state index in [-0.39, 0.29) is 23.7 Å². The van der Waals surface area contributed by atoms with Gasteiger partial charge in [0.15, 0.2) is 11.4 Å². The Kier molecular flexibility index (Phi) is 3.56. The number of fused-ring (bicyclic) bond motifs is 2. The molecular weight excluding hydrogens is 344 g/mol. The van der Waals surface area contributed by atoms with E-state index in [1.807, 2.05) is 13.0 Å². The van der Waals surface area contributed by atoms with Crippen molar-refractivity contribution in [3.05, 3.63) is 59.7 Å². The molecule has 3 aliphatic rings. The molecule has 0 fully saturated rings. The van der Waals surface area contributed by atoms with Gasteiger partial charge in [0.1, 0.15) is 16.9 Å². The number of hydrogen-bond donors (Lipinski definition) is 2. The summed E-state index contributed by atoms with van der Waals surface area (Å²) in [6.45, 7) is 5.13. The first kappa shape index (κ1) is 17.7. The molecule has 0 saturated heterocycles. The molecule has 4 rings (SSSR count). The predicted molar refractivity (Wildman–Crippen MR) is 99.6 cm³/mol. The van der Waals surface area contributed by atoms with E-state index in [1.54, 1.807) is 38.1 Å². The van der Waals surface area contributed by atoms with Crippen molar-refractivity contribution in [2.45, 2.75) is 44.3 Å². The van der Waals surface area contributed by atoms with Crippen LogP contribution in [-0.2, 0) is 9.59 Å². The van der Waals surface area contributed by atoms with E-state index in [2.05, 4.69) is 0 Å². The SMILES string of the molecule is CC1=C[C@@H]2c3cc(O)ccc3O[C@@]3(C1)C(=O)C=CC(=O)C23/C=C/C(C)(C)O. The van der Waals surface area contributed by atoms with Gasteiger partial charge < -0.3 is 14.9 Å². The van der Waals surface area contributed by atoms with Gasteiger partial charge in [-0.3, -0.25) is 9.59 Å². The normalized spacial score (nSPS) is 32.0. The van der Waals surface area contributed by atoms with E-state index in [0.717, 1.165) is 5.57 Å². The maximum absolute atomic E-state index is 13.3. The second kappa shape index (κ2) is 5.42. The Morgan fingerprint density at radius 1 is 1.22 bits per heavy atom. The first-order chi connectivity index (χ1) is 12.6. The van der Waals surface area contributed by atoms with Gasteiger partial charge in [-0.15, -0.1) is 0 Å². The zero-order valence-electron chi connectivity index (χ0n) is 15.5. The lowest BCUT2D eigenvalue weighted by molar-refractivity contribution is -0.156. The van der Waals surface area contributed by atoms with Gasteiger partial charge in [0.25, 0.3) is 0 Å². The van der Waals surface area contributed by atoms with Crippen LogP contribution in [0.5, 0.6) is 11.5 Å². The van der Waals surface area contributed by atoms with Crippen LogP contribution >= 0.6 is 0 Å². The molecule has 2 bridgehead atoms. The standard InChI is InChI=1S/C22H22O5/c1-13-10-16-15-11-14(23)4-5-17(15)27-22(12-13)19(25)7-6-18(24)21(16,22)9-8-20(2,3)26/h4-11,16,23,26H,12H2,1-3H3/b9-8+/t16-,21?,22+/m1/s1. The highest BCUT2D eigenvalue weighted by Crippen LogP contribution is 2.62. The summed E-state index contributed by atoms with van der Waals surface area (Å²) in [7, 11) is 0. The fourth-order valence-corrected chi connectivity index (χ4v) is 4.55. The minimum absolute atomic E-state index is 0.0632. The van der Waals surface area contributed by atoms with Crippen molar-refractivity contribution in [1.82, 2.24) is 0 Å². The highest BCUT2D eigenvalue weighted by Gasteiger charge is 2.69. The second-order valence-electron chi connectivity index (χ2n) is 8.24. The quantitative estimate of drug-likeness (QED) is 0.786. The summed E-state index contributed by atoms with van der Waals surface area (Å²) in [6.07, 6.45) is 8.03. The maximum Gasteiger partial charge on any atom is 0.201 e. The van der Waals surface area contributed by atoms with E-state index in [9.17, 15) is 19.8 Å². The van der Waals surface area contributed by atoms with Crippen molar-refractivity contribution >= 4 is 11.6 Å². The van der Waals surface area contributed by atoms with Gasteiger partial charge in [-0.05, 0) is 51.1 Å². The molecule has 3 atom stereocenters. The number of aromatic hydroxyl groups is 1. The van der Waals surface area contributed by atoms with E-state index in [0.29, 0.717) is 11.3 Å². The summed E-state index contributed by atoms with van der Waals surface area (Å²) in [4.78, 5) is 26.4. The molecule has 5 heteroatoms. The van der Waals surface area contributed by atoms with Crippen LogP contribution in [0, 0.1) is 5.41 Å². The van der Waals surface area contributed by atoms with Gasteiger partial charge >= 0.3 is 0 Å². The summed E-state index contributed by atoms with van der Waals surface area (Å²) in [6, 6.07) is 4.72. The fraction of sp³-hybridized carbons (Fsp3) is 0.364. The fourth-order valence-electron chi connectivity index (χ4n) is 4.55. The minimum Gasteiger partial charge on any atom is -0.508 e. The van der Waals surface area contributed by atoms with Gasteiger partial charge in [0, 0.05) is 17.9 Å². The topological polar surface area (TPSA) is 83.8 Å². The molecule has 0 amide bonds. The number of ketones is 2. The number of carbonyl (C=O) groups excluding carboxylic acids is 2. The second-order valence-corrected chi connectivity index (χ2v) is 8.24. The molecule has 2 N–H and O–H groups in total. The summed E-state index contributed by atoms with van der Waals surface area (Å²) in [5, 5.41) is 20.2. The lowest BCUT2D eigenvalue weighted by atomic mass is 9.50. The Balaban J connectivity index is 2.08.